The number of aromatic amines is 1. The summed E-state index contributed by atoms with van der Waals surface area (Å²) in [5.41, 5.74) is -0.738. The Hall–Kier alpha value is -2.22. The van der Waals surface area contributed by atoms with E-state index >= 15 is 0 Å². The molecule has 0 atom stereocenters. The molecule has 0 spiro atoms. The summed E-state index contributed by atoms with van der Waals surface area (Å²) in [4.78, 5) is 32.8. The minimum absolute atomic E-state index is 0.366. The van der Waals surface area contributed by atoms with Crippen molar-refractivity contribution in [3.63, 3.8) is 0 Å². The molecular formula is C19H28N6O2. The lowest BCUT2D eigenvalue weighted by Gasteiger charge is -2.29. The maximum Gasteiger partial charge on any atom is 0.328 e. The largest absolute Gasteiger partial charge is 0.328 e. The van der Waals surface area contributed by atoms with Crippen LogP contribution in [-0.4, -0.2) is 49.4 Å². The molecule has 8 heteroatoms. The van der Waals surface area contributed by atoms with Crippen molar-refractivity contribution in [3.8, 4) is 0 Å². The van der Waals surface area contributed by atoms with E-state index in [1.54, 1.807) is 6.20 Å². The highest BCUT2D eigenvalue weighted by atomic mass is 16.2. The highest BCUT2D eigenvalue weighted by Gasteiger charge is 2.27. The van der Waals surface area contributed by atoms with Gasteiger partial charge in [0.25, 0.3) is 5.56 Å². The monoisotopic (exact) mass is 372 g/mol. The van der Waals surface area contributed by atoms with Crippen LogP contribution in [0.3, 0.4) is 0 Å². The highest BCUT2D eigenvalue weighted by Crippen LogP contribution is 2.33. The Morgan fingerprint density at radius 3 is 2.59 bits per heavy atom. The number of likely N-dealkylation sites (tertiary alicyclic amines) is 1. The summed E-state index contributed by atoms with van der Waals surface area (Å²) in [5, 5.41) is 4.93. The van der Waals surface area contributed by atoms with E-state index < -0.39 is 0 Å². The Morgan fingerprint density at radius 1 is 1.15 bits per heavy atom. The van der Waals surface area contributed by atoms with Crippen LogP contribution in [0.1, 0.15) is 62.1 Å². The summed E-state index contributed by atoms with van der Waals surface area (Å²) in [6.45, 7) is 2.63. The number of aryl methyl sites for hydroxylation is 2. The zero-order valence-corrected chi connectivity index (χ0v) is 15.9. The second-order valence-corrected chi connectivity index (χ2v) is 7.90. The zero-order valence-electron chi connectivity index (χ0n) is 15.9. The molecule has 3 heterocycles. The van der Waals surface area contributed by atoms with Gasteiger partial charge in [0.1, 0.15) is 5.82 Å². The number of rotatable bonds is 5. The lowest BCUT2D eigenvalue weighted by atomic mass is 10.1. The van der Waals surface area contributed by atoms with Gasteiger partial charge in [-0.05, 0) is 45.8 Å². The number of nitrogens with zero attached hydrogens (tertiary/aromatic N) is 5. The molecule has 1 saturated carbocycles. The molecule has 0 aromatic carbocycles. The Bertz CT molecular complexity index is 884. The minimum Gasteiger partial charge on any atom is -0.306 e. The quantitative estimate of drug-likeness (QED) is 0.854. The standard InChI is InChI=1S/C19H28N6O2/c1-23-10-6-15(7-11-23)25-16(20-18(22-25)14-4-2-3-5-14)8-12-24-13-9-17(26)21-19(24)27/h9,13-15H,2-8,10-12H2,1H3,(H,21,26,27). The van der Waals surface area contributed by atoms with Crippen molar-refractivity contribution in [2.24, 2.45) is 0 Å². The van der Waals surface area contributed by atoms with E-state index in [1.807, 2.05) is 0 Å². The normalized spacial score (nSPS) is 19.7. The topological polar surface area (TPSA) is 88.8 Å². The Morgan fingerprint density at radius 2 is 1.89 bits per heavy atom. The van der Waals surface area contributed by atoms with E-state index in [2.05, 4.69) is 21.6 Å². The second kappa shape index (κ2) is 7.80. The van der Waals surface area contributed by atoms with Crippen molar-refractivity contribution in [2.45, 2.75) is 63.5 Å². The van der Waals surface area contributed by atoms with E-state index in [9.17, 15) is 9.59 Å². The van der Waals surface area contributed by atoms with E-state index in [-0.39, 0.29) is 11.2 Å². The molecule has 0 bridgehead atoms. The average molecular weight is 372 g/mol. The maximum absolute atomic E-state index is 12.0. The summed E-state index contributed by atoms with van der Waals surface area (Å²) < 4.78 is 3.67. The molecule has 146 valence electrons. The fourth-order valence-electron chi connectivity index (χ4n) is 4.27. The highest BCUT2D eigenvalue weighted by molar-refractivity contribution is 5.03. The van der Waals surface area contributed by atoms with Crippen LogP contribution in [0.5, 0.6) is 0 Å². The molecule has 4 rings (SSSR count). The molecule has 0 amide bonds. The van der Waals surface area contributed by atoms with Gasteiger partial charge in [0.15, 0.2) is 5.82 Å². The SMILES string of the molecule is CN1CCC(n2nc(C3CCCC3)nc2CCn2ccc(=O)[nH]c2=O)CC1. The van der Waals surface area contributed by atoms with Crippen molar-refractivity contribution in [1.82, 2.24) is 29.2 Å². The fraction of sp³-hybridized carbons (Fsp3) is 0.684. The van der Waals surface area contributed by atoms with Gasteiger partial charge in [-0.1, -0.05) is 12.8 Å². The van der Waals surface area contributed by atoms with Gasteiger partial charge in [0.05, 0.1) is 6.04 Å². The first-order chi connectivity index (χ1) is 13.1. The summed E-state index contributed by atoms with van der Waals surface area (Å²) >= 11 is 0. The van der Waals surface area contributed by atoms with Crippen LogP contribution in [0.2, 0.25) is 0 Å². The van der Waals surface area contributed by atoms with Crippen molar-refractivity contribution < 1.29 is 0 Å². The molecule has 2 aromatic heterocycles. The first-order valence-corrected chi connectivity index (χ1v) is 10.0. The number of nitrogens with one attached hydrogen (secondary N) is 1. The van der Waals surface area contributed by atoms with Gasteiger partial charge < -0.3 is 9.47 Å². The number of hydrogen-bond donors (Lipinski definition) is 1. The zero-order chi connectivity index (χ0) is 18.8. The van der Waals surface area contributed by atoms with Gasteiger partial charge >= 0.3 is 5.69 Å². The van der Waals surface area contributed by atoms with Gasteiger partial charge in [0, 0.05) is 31.1 Å². The molecule has 1 aliphatic heterocycles. The lowest BCUT2D eigenvalue weighted by molar-refractivity contribution is 0.208. The van der Waals surface area contributed by atoms with Gasteiger partial charge in [0.2, 0.25) is 0 Å². The van der Waals surface area contributed by atoms with E-state index in [4.69, 9.17) is 10.1 Å². The third-order valence-electron chi connectivity index (χ3n) is 5.95. The van der Waals surface area contributed by atoms with Crippen molar-refractivity contribution in [3.05, 3.63) is 44.8 Å². The van der Waals surface area contributed by atoms with E-state index in [0.717, 1.165) is 37.6 Å². The summed E-state index contributed by atoms with van der Waals surface area (Å²) in [6, 6.07) is 1.76. The third-order valence-corrected chi connectivity index (χ3v) is 5.95. The van der Waals surface area contributed by atoms with Crippen LogP contribution < -0.4 is 11.2 Å². The number of hydrogen-bond acceptors (Lipinski definition) is 5. The molecule has 2 aliphatic rings. The molecular weight excluding hydrogens is 344 g/mol. The predicted octanol–water partition coefficient (Wildman–Crippen LogP) is 1.30. The van der Waals surface area contributed by atoms with E-state index in [0.29, 0.717) is 24.9 Å². The van der Waals surface area contributed by atoms with Crippen LogP contribution in [-0.2, 0) is 13.0 Å². The molecule has 1 aliphatic carbocycles. The summed E-state index contributed by atoms with van der Waals surface area (Å²) in [7, 11) is 2.16. The number of aromatic nitrogens is 5. The number of piperidine rings is 1. The van der Waals surface area contributed by atoms with Crippen molar-refractivity contribution in [2.75, 3.05) is 20.1 Å². The van der Waals surface area contributed by atoms with Crippen LogP contribution in [0.25, 0.3) is 0 Å². The molecule has 0 unspecified atom stereocenters. The summed E-state index contributed by atoms with van der Waals surface area (Å²) in [6.07, 6.45) is 9.22. The summed E-state index contributed by atoms with van der Waals surface area (Å²) in [5.74, 6) is 2.42. The molecule has 1 saturated heterocycles. The second-order valence-electron chi connectivity index (χ2n) is 7.90. The average Bonchev–Trinajstić information content (AvgIpc) is 3.31. The van der Waals surface area contributed by atoms with Gasteiger partial charge in [-0.2, -0.15) is 5.10 Å². The van der Waals surface area contributed by atoms with Crippen molar-refractivity contribution in [1.29, 1.82) is 0 Å². The lowest BCUT2D eigenvalue weighted by Crippen LogP contribution is -2.33. The Balaban J connectivity index is 1.57. The molecule has 0 radical (unpaired) electrons. The molecule has 1 N–H and O–H groups in total. The van der Waals surface area contributed by atoms with Crippen LogP contribution in [0, 0.1) is 0 Å². The van der Waals surface area contributed by atoms with Crippen LogP contribution >= 0.6 is 0 Å². The third kappa shape index (κ3) is 4.05. The number of H-pyrrole nitrogens is 1. The molecule has 2 aromatic rings. The molecule has 27 heavy (non-hydrogen) atoms. The first kappa shape index (κ1) is 18.2. The maximum atomic E-state index is 12.0. The van der Waals surface area contributed by atoms with Gasteiger partial charge in [-0.3, -0.25) is 9.78 Å². The first-order valence-electron chi connectivity index (χ1n) is 10.0. The van der Waals surface area contributed by atoms with E-state index in [1.165, 1.54) is 36.3 Å². The Kier molecular flexibility index (Phi) is 5.24. The minimum atomic E-state index is -0.371. The van der Waals surface area contributed by atoms with Crippen LogP contribution in [0.4, 0.5) is 0 Å². The van der Waals surface area contributed by atoms with Crippen LogP contribution in [0.15, 0.2) is 21.9 Å². The molecule has 2 fully saturated rings. The smallest absolute Gasteiger partial charge is 0.306 e. The molecule has 8 nitrogen and oxygen atoms in total. The fourth-order valence-corrected chi connectivity index (χ4v) is 4.27. The van der Waals surface area contributed by atoms with Gasteiger partial charge in [-0.15, -0.1) is 0 Å². The predicted molar refractivity (Wildman–Crippen MR) is 102 cm³/mol. The van der Waals surface area contributed by atoms with Gasteiger partial charge in [-0.25, -0.2) is 14.5 Å². The van der Waals surface area contributed by atoms with Crippen molar-refractivity contribution >= 4 is 0 Å². The Labute approximate surface area is 158 Å².